The monoisotopic (exact) mass is 513 g/mol. The molecule has 3 atom stereocenters. The van der Waals surface area contributed by atoms with Crippen LogP contribution in [0.5, 0.6) is 5.75 Å². The summed E-state index contributed by atoms with van der Waals surface area (Å²) < 4.78 is 7.64. The fourth-order valence-electron chi connectivity index (χ4n) is 6.69. The molecule has 3 aromatic rings. The number of anilines is 1. The van der Waals surface area contributed by atoms with E-state index in [0.717, 1.165) is 97.2 Å². The van der Waals surface area contributed by atoms with Gasteiger partial charge in [0.1, 0.15) is 17.9 Å². The van der Waals surface area contributed by atoms with Gasteiger partial charge in [0.2, 0.25) is 0 Å². The van der Waals surface area contributed by atoms with E-state index in [1.165, 1.54) is 0 Å². The second kappa shape index (κ2) is 8.78. The summed E-state index contributed by atoms with van der Waals surface area (Å²) in [6.45, 7) is 0.704. The number of rotatable bonds is 4. The van der Waals surface area contributed by atoms with Crippen LogP contribution in [-0.2, 0) is 11.2 Å². The molecule has 2 bridgehead atoms. The van der Waals surface area contributed by atoms with E-state index in [0.29, 0.717) is 18.3 Å². The number of fused-ring (bicyclic) bond motifs is 4. The van der Waals surface area contributed by atoms with Crippen LogP contribution in [-0.4, -0.2) is 61.3 Å². The number of carbonyl (C=O) groups excluding carboxylic acids is 1. The van der Waals surface area contributed by atoms with Crippen molar-refractivity contribution in [2.24, 2.45) is 10.7 Å². The average Bonchev–Trinajstić information content (AvgIpc) is 3.62. The van der Waals surface area contributed by atoms with Crippen molar-refractivity contribution in [2.45, 2.75) is 75.3 Å². The maximum atomic E-state index is 13.0. The van der Waals surface area contributed by atoms with Gasteiger partial charge in [-0.25, -0.2) is 9.98 Å². The molecule has 0 aromatic carbocycles. The minimum atomic E-state index is -0.273. The Balaban J connectivity index is 1.28. The molecule has 196 valence electrons. The molecule has 38 heavy (non-hydrogen) atoms. The highest BCUT2D eigenvalue weighted by atomic mass is 16.5. The van der Waals surface area contributed by atoms with Gasteiger partial charge in [0.25, 0.3) is 5.91 Å². The van der Waals surface area contributed by atoms with Gasteiger partial charge in [-0.3, -0.25) is 15.2 Å². The van der Waals surface area contributed by atoms with Crippen LogP contribution >= 0.6 is 0 Å². The molecule has 11 heteroatoms. The Morgan fingerprint density at radius 2 is 1.95 bits per heavy atom. The first-order valence-corrected chi connectivity index (χ1v) is 13.5. The van der Waals surface area contributed by atoms with Crippen molar-refractivity contribution in [2.75, 3.05) is 12.3 Å². The molecule has 3 aliphatic heterocycles. The summed E-state index contributed by atoms with van der Waals surface area (Å²) in [5.74, 6) is 1.69. The summed E-state index contributed by atoms with van der Waals surface area (Å²) in [6.07, 6.45) is 12.1. The van der Waals surface area contributed by atoms with Gasteiger partial charge in [0.15, 0.2) is 11.5 Å². The number of amides is 1. The number of nitrogens with two attached hydrogens (primary N) is 2. The lowest BCUT2D eigenvalue weighted by molar-refractivity contribution is -0.128. The standard InChI is InChI=1S/C27H31N9O2/c28-13-32-24(29)27(37)35-17-5-6-18(35)9-15(8-17)23-22(14-3-4-14)25(30)36-26(34-23)19(12-33-36)16-10-21-20(31-11-16)2-1-7-38-21/h10-15,17-18H,1-9,30H2,(H3,28,29,32)/t15?,17-,18?/m0/s1. The van der Waals surface area contributed by atoms with Crippen molar-refractivity contribution in [1.82, 2.24) is 24.5 Å². The van der Waals surface area contributed by atoms with Crippen LogP contribution in [0.1, 0.15) is 73.7 Å². The molecule has 1 aliphatic carbocycles. The number of piperidine rings is 1. The number of aliphatic imine (C=N–C) groups is 1. The Labute approximate surface area is 219 Å². The topological polar surface area (TPSA) is 161 Å². The van der Waals surface area contributed by atoms with Gasteiger partial charge in [-0.05, 0) is 63.4 Å². The minimum Gasteiger partial charge on any atom is -0.492 e. The third-order valence-corrected chi connectivity index (χ3v) is 8.57. The lowest BCUT2D eigenvalue weighted by Gasteiger charge is -2.39. The van der Waals surface area contributed by atoms with E-state index in [9.17, 15) is 4.79 Å². The van der Waals surface area contributed by atoms with Gasteiger partial charge in [-0.1, -0.05) is 0 Å². The first kappa shape index (κ1) is 23.1. The fourth-order valence-corrected chi connectivity index (χ4v) is 6.69. The largest absolute Gasteiger partial charge is 0.492 e. The Morgan fingerprint density at radius 1 is 1.16 bits per heavy atom. The predicted molar refractivity (Wildman–Crippen MR) is 142 cm³/mol. The van der Waals surface area contributed by atoms with E-state index >= 15 is 0 Å². The van der Waals surface area contributed by atoms with Gasteiger partial charge in [0, 0.05) is 40.9 Å². The molecule has 1 amide bonds. The Kier molecular flexibility index (Phi) is 5.34. The predicted octanol–water partition coefficient (Wildman–Crippen LogP) is 2.78. The molecule has 5 N–H and O–H groups in total. The molecule has 2 unspecified atom stereocenters. The number of carbonyl (C=O) groups is 1. The van der Waals surface area contributed by atoms with Crippen LogP contribution in [0.25, 0.3) is 16.8 Å². The second-order valence-electron chi connectivity index (χ2n) is 10.9. The number of nitrogens with zero attached hydrogens (tertiary/aromatic N) is 6. The SMILES string of the molecule is N=CN=C(N)C(=O)N1C2CC[C@H]1CC(c1nc3c(-c4cnc5c(c4)OCCC5)cnn3c(N)c1C1CC1)C2. The van der Waals surface area contributed by atoms with Crippen LogP contribution < -0.4 is 16.2 Å². The van der Waals surface area contributed by atoms with E-state index in [1.807, 2.05) is 23.4 Å². The maximum Gasteiger partial charge on any atom is 0.289 e. The summed E-state index contributed by atoms with van der Waals surface area (Å²) in [7, 11) is 0. The molecular formula is C27H31N9O2. The van der Waals surface area contributed by atoms with Gasteiger partial charge in [0.05, 0.1) is 24.2 Å². The molecule has 0 spiro atoms. The van der Waals surface area contributed by atoms with Crippen molar-refractivity contribution < 1.29 is 9.53 Å². The van der Waals surface area contributed by atoms with E-state index in [2.05, 4.69) is 15.1 Å². The second-order valence-corrected chi connectivity index (χ2v) is 10.9. The van der Waals surface area contributed by atoms with E-state index in [1.54, 1.807) is 4.52 Å². The lowest BCUT2D eigenvalue weighted by atomic mass is 9.85. The van der Waals surface area contributed by atoms with E-state index < -0.39 is 0 Å². The van der Waals surface area contributed by atoms with Gasteiger partial charge < -0.3 is 21.1 Å². The number of hydrogen-bond acceptors (Lipinski definition) is 7. The third kappa shape index (κ3) is 3.63. The Bertz CT molecular complexity index is 1480. The summed E-state index contributed by atoms with van der Waals surface area (Å²) in [5.41, 5.74) is 18.4. The van der Waals surface area contributed by atoms with Crippen LogP contribution in [0, 0.1) is 5.41 Å². The number of amidine groups is 1. The quantitative estimate of drug-likeness (QED) is 0.357. The molecule has 11 nitrogen and oxygen atoms in total. The van der Waals surface area contributed by atoms with Crippen molar-refractivity contribution in [3.05, 3.63) is 35.4 Å². The number of hydrogen-bond donors (Lipinski definition) is 3. The normalized spacial score (nSPS) is 24.8. The number of pyridine rings is 1. The summed E-state index contributed by atoms with van der Waals surface area (Å²) in [5, 5.41) is 11.8. The zero-order valence-electron chi connectivity index (χ0n) is 21.1. The van der Waals surface area contributed by atoms with Crippen molar-refractivity contribution in [1.29, 1.82) is 5.41 Å². The van der Waals surface area contributed by atoms with E-state index in [4.69, 9.17) is 26.6 Å². The number of ether oxygens (including phenoxy) is 1. The highest BCUT2D eigenvalue weighted by molar-refractivity contribution is 6.38. The van der Waals surface area contributed by atoms with E-state index in [-0.39, 0.29) is 29.7 Å². The third-order valence-electron chi connectivity index (χ3n) is 8.57. The molecule has 2 saturated heterocycles. The Morgan fingerprint density at radius 3 is 2.68 bits per heavy atom. The van der Waals surface area contributed by atoms with Crippen LogP contribution in [0.2, 0.25) is 0 Å². The zero-order valence-corrected chi connectivity index (χ0v) is 21.1. The van der Waals surface area contributed by atoms with Crippen molar-refractivity contribution in [3.63, 3.8) is 0 Å². The highest BCUT2D eigenvalue weighted by Gasteiger charge is 2.46. The molecule has 3 fully saturated rings. The average molecular weight is 514 g/mol. The number of aromatic nitrogens is 4. The smallest absolute Gasteiger partial charge is 0.289 e. The van der Waals surface area contributed by atoms with Gasteiger partial charge in [-0.15, -0.1) is 0 Å². The maximum absolute atomic E-state index is 13.0. The zero-order chi connectivity index (χ0) is 26.0. The van der Waals surface area contributed by atoms with Crippen LogP contribution in [0.4, 0.5) is 5.82 Å². The Hall–Kier alpha value is -4.02. The van der Waals surface area contributed by atoms with Crippen LogP contribution in [0.15, 0.2) is 23.5 Å². The summed E-state index contributed by atoms with van der Waals surface area (Å²) >= 11 is 0. The van der Waals surface area contributed by atoms with Crippen molar-refractivity contribution >= 4 is 29.5 Å². The lowest BCUT2D eigenvalue weighted by Crippen LogP contribution is -2.50. The van der Waals surface area contributed by atoms with Gasteiger partial charge >= 0.3 is 0 Å². The minimum absolute atomic E-state index is 0.0726. The molecule has 1 saturated carbocycles. The molecule has 7 rings (SSSR count). The molecule has 0 radical (unpaired) electrons. The molecule has 4 aliphatic rings. The fraction of sp³-hybridized carbons (Fsp3) is 0.481. The molecule has 6 heterocycles. The van der Waals surface area contributed by atoms with Crippen LogP contribution in [0.3, 0.4) is 0 Å². The summed E-state index contributed by atoms with van der Waals surface area (Å²) in [6, 6.07) is 2.18. The van der Waals surface area contributed by atoms with Gasteiger partial charge in [-0.2, -0.15) is 9.61 Å². The number of nitrogen functional groups attached to an aromatic ring is 1. The van der Waals surface area contributed by atoms with Crippen molar-refractivity contribution in [3.8, 4) is 16.9 Å². The molecular weight excluding hydrogens is 482 g/mol. The number of nitrogens with one attached hydrogen (secondary N) is 1. The molecule has 3 aromatic heterocycles. The first-order valence-electron chi connectivity index (χ1n) is 13.5. The first-order chi connectivity index (χ1) is 18.5. The summed E-state index contributed by atoms with van der Waals surface area (Å²) in [4.78, 5) is 28.5. The number of aryl methyl sites for hydroxylation is 1. The highest BCUT2D eigenvalue weighted by Crippen LogP contribution is 2.50.